The van der Waals surface area contributed by atoms with Gasteiger partial charge < -0.3 is 19.6 Å². The molecule has 27 heavy (non-hydrogen) atoms. The Morgan fingerprint density at radius 3 is 2.70 bits per heavy atom. The summed E-state index contributed by atoms with van der Waals surface area (Å²) in [6.07, 6.45) is 0.912. The number of carbonyl (C=O) groups excluding carboxylic acids is 2. The van der Waals surface area contributed by atoms with Crippen LogP contribution in [-0.4, -0.2) is 58.1 Å². The number of piperazine rings is 1. The van der Waals surface area contributed by atoms with E-state index in [0.717, 1.165) is 24.1 Å². The van der Waals surface area contributed by atoms with Crippen molar-refractivity contribution in [3.05, 3.63) is 35.7 Å². The molecule has 0 bridgehead atoms. The Bertz CT molecular complexity index is 802. The lowest BCUT2D eigenvalue weighted by molar-refractivity contribution is -0.134. The predicted octanol–water partition coefficient (Wildman–Crippen LogP) is 2.37. The fraction of sp³-hybridized carbons (Fsp3) is 0.474. The van der Waals surface area contributed by atoms with Crippen molar-refractivity contribution in [3.8, 4) is 11.4 Å². The van der Waals surface area contributed by atoms with E-state index < -0.39 is 6.04 Å². The normalized spacial score (nSPS) is 15.7. The maximum absolute atomic E-state index is 12.5. The highest BCUT2D eigenvalue weighted by molar-refractivity contribution is 5.85. The number of nitrogens with zero attached hydrogens (tertiary/aromatic N) is 4. The van der Waals surface area contributed by atoms with Gasteiger partial charge in [0, 0.05) is 25.2 Å². The smallest absolute Gasteiger partial charge is 0.318 e. The Balaban J connectivity index is 1.59. The molecular weight excluding hydrogens is 346 g/mol. The van der Waals surface area contributed by atoms with Crippen molar-refractivity contribution in [2.75, 3.05) is 26.2 Å². The van der Waals surface area contributed by atoms with Gasteiger partial charge in [-0.05, 0) is 20.3 Å². The second-order valence-corrected chi connectivity index (χ2v) is 6.80. The summed E-state index contributed by atoms with van der Waals surface area (Å²) >= 11 is 0. The molecule has 3 rings (SSSR count). The van der Waals surface area contributed by atoms with Gasteiger partial charge in [-0.1, -0.05) is 41.9 Å². The first-order valence-electron chi connectivity index (χ1n) is 9.21. The van der Waals surface area contributed by atoms with Gasteiger partial charge in [-0.3, -0.25) is 4.79 Å². The zero-order valence-electron chi connectivity index (χ0n) is 15.9. The molecule has 2 aromatic rings. The van der Waals surface area contributed by atoms with Crippen molar-refractivity contribution in [1.29, 1.82) is 0 Å². The predicted molar refractivity (Wildman–Crippen MR) is 99.9 cm³/mol. The monoisotopic (exact) mass is 371 g/mol. The average Bonchev–Trinajstić information content (AvgIpc) is 3.14. The van der Waals surface area contributed by atoms with Crippen LogP contribution >= 0.6 is 0 Å². The molecule has 1 aliphatic rings. The van der Waals surface area contributed by atoms with Gasteiger partial charge in [0.1, 0.15) is 12.6 Å². The van der Waals surface area contributed by atoms with E-state index in [1.807, 2.05) is 38.1 Å². The molecule has 144 valence electrons. The maximum Gasteiger partial charge on any atom is 0.318 e. The van der Waals surface area contributed by atoms with Crippen LogP contribution in [0.2, 0.25) is 0 Å². The molecule has 1 aliphatic heterocycles. The van der Waals surface area contributed by atoms with Crippen LogP contribution in [0.25, 0.3) is 11.4 Å². The van der Waals surface area contributed by atoms with Gasteiger partial charge in [-0.2, -0.15) is 4.98 Å². The van der Waals surface area contributed by atoms with Crippen molar-refractivity contribution in [1.82, 2.24) is 25.3 Å². The molecule has 1 N–H and O–H groups in total. The summed E-state index contributed by atoms with van der Waals surface area (Å²) < 4.78 is 5.30. The Morgan fingerprint density at radius 2 is 2.04 bits per heavy atom. The van der Waals surface area contributed by atoms with Gasteiger partial charge in [0.15, 0.2) is 0 Å². The molecule has 1 aromatic carbocycles. The number of hydrogen-bond acceptors (Lipinski definition) is 5. The van der Waals surface area contributed by atoms with Crippen molar-refractivity contribution in [2.45, 2.75) is 33.2 Å². The quantitative estimate of drug-likeness (QED) is 0.871. The second kappa shape index (κ2) is 8.20. The zero-order chi connectivity index (χ0) is 19.4. The van der Waals surface area contributed by atoms with Gasteiger partial charge in [-0.15, -0.1) is 0 Å². The van der Waals surface area contributed by atoms with Crippen molar-refractivity contribution < 1.29 is 14.1 Å². The lowest BCUT2D eigenvalue weighted by atomic mass is 10.1. The van der Waals surface area contributed by atoms with Gasteiger partial charge in [0.25, 0.3) is 0 Å². The number of nitrogens with one attached hydrogen (secondary N) is 1. The highest BCUT2D eigenvalue weighted by Crippen LogP contribution is 2.19. The molecule has 0 saturated carbocycles. The number of aryl methyl sites for hydroxylation is 1. The first-order valence-corrected chi connectivity index (χ1v) is 9.21. The van der Waals surface area contributed by atoms with E-state index in [1.54, 1.807) is 11.8 Å². The average molecular weight is 371 g/mol. The molecule has 2 heterocycles. The van der Waals surface area contributed by atoms with E-state index >= 15 is 0 Å². The number of amides is 3. The fourth-order valence-electron chi connectivity index (χ4n) is 2.96. The topological polar surface area (TPSA) is 91.6 Å². The van der Waals surface area contributed by atoms with Crippen LogP contribution in [0.4, 0.5) is 4.79 Å². The maximum atomic E-state index is 12.5. The Morgan fingerprint density at radius 1 is 1.30 bits per heavy atom. The van der Waals surface area contributed by atoms with E-state index in [-0.39, 0.29) is 18.5 Å². The summed E-state index contributed by atoms with van der Waals surface area (Å²) in [7, 11) is 0. The number of aromatic nitrogens is 2. The number of rotatable bonds is 5. The van der Waals surface area contributed by atoms with Gasteiger partial charge >= 0.3 is 6.03 Å². The van der Waals surface area contributed by atoms with Crippen LogP contribution in [0.15, 0.2) is 28.8 Å². The minimum Gasteiger partial charge on any atom is -0.339 e. The molecule has 1 atom stereocenters. The van der Waals surface area contributed by atoms with E-state index in [9.17, 15) is 9.59 Å². The molecule has 0 radical (unpaired) electrons. The Kier molecular flexibility index (Phi) is 5.73. The molecule has 3 amide bonds. The minimum absolute atomic E-state index is 0.0228. The largest absolute Gasteiger partial charge is 0.339 e. The molecule has 1 aromatic heterocycles. The standard InChI is InChI=1S/C19H25N5O3/c1-4-9-23-10-11-24(12-16(23)25)19(26)20-14(3)18-21-17(22-27-18)15-7-5-13(2)6-8-15/h5-8,14H,4,9-12H2,1-3H3,(H,20,26)/t14-/m0/s1. The zero-order valence-corrected chi connectivity index (χ0v) is 15.9. The van der Waals surface area contributed by atoms with Crippen LogP contribution < -0.4 is 5.32 Å². The number of benzene rings is 1. The molecule has 0 aliphatic carbocycles. The molecule has 8 nitrogen and oxygen atoms in total. The summed E-state index contributed by atoms with van der Waals surface area (Å²) in [5.41, 5.74) is 2.00. The van der Waals surface area contributed by atoms with Gasteiger partial charge in [0.2, 0.25) is 17.6 Å². The van der Waals surface area contributed by atoms with Crippen molar-refractivity contribution in [2.24, 2.45) is 0 Å². The first-order chi connectivity index (χ1) is 13.0. The van der Waals surface area contributed by atoms with E-state index in [4.69, 9.17) is 4.52 Å². The van der Waals surface area contributed by atoms with Crippen LogP contribution in [0, 0.1) is 6.92 Å². The SMILES string of the molecule is CCCN1CCN(C(=O)N[C@@H](C)c2nc(-c3ccc(C)cc3)no2)CC1=O. The Labute approximate surface area is 158 Å². The molecule has 0 unspecified atom stereocenters. The van der Waals surface area contributed by atoms with E-state index in [2.05, 4.69) is 15.5 Å². The highest BCUT2D eigenvalue weighted by Gasteiger charge is 2.28. The third-order valence-electron chi connectivity index (χ3n) is 4.56. The third kappa shape index (κ3) is 4.45. The summed E-state index contributed by atoms with van der Waals surface area (Å²) in [6, 6.07) is 7.05. The van der Waals surface area contributed by atoms with Crippen molar-refractivity contribution in [3.63, 3.8) is 0 Å². The molecule has 1 fully saturated rings. The minimum atomic E-state index is -0.451. The van der Waals surface area contributed by atoms with E-state index in [1.165, 1.54) is 4.90 Å². The molecule has 0 spiro atoms. The second-order valence-electron chi connectivity index (χ2n) is 6.80. The number of hydrogen-bond donors (Lipinski definition) is 1. The molecular formula is C19H25N5O3. The summed E-state index contributed by atoms with van der Waals surface area (Å²) in [5, 5.41) is 6.81. The van der Waals surface area contributed by atoms with Crippen molar-refractivity contribution >= 4 is 11.9 Å². The number of carbonyl (C=O) groups is 2. The van der Waals surface area contributed by atoms with Crippen LogP contribution in [0.3, 0.4) is 0 Å². The summed E-state index contributed by atoms with van der Waals surface area (Å²) in [5.74, 6) is 0.787. The molecule has 1 saturated heterocycles. The fourth-order valence-corrected chi connectivity index (χ4v) is 2.96. The van der Waals surface area contributed by atoms with Crippen LogP contribution in [0.1, 0.15) is 37.8 Å². The summed E-state index contributed by atoms with van der Waals surface area (Å²) in [6.45, 7) is 7.72. The summed E-state index contributed by atoms with van der Waals surface area (Å²) in [4.78, 5) is 32.2. The lowest BCUT2D eigenvalue weighted by Crippen LogP contribution is -2.54. The highest BCUT2D eigenvalue weighted by atomic mass is 16.5. The first kappa shape index (κ1) is 18.9. The van der Waals surface area contributed by atoms with Gasteiger partial charge in [-0.25, -0.2) is 4.79 Å². The van der Waals surface area contributed by atoms with Gasteiger partial charge in [0.05, 0.1) is 0 Å². The van der Waals surface area contributed by atoms with E-state index in [0.29, 0.717) is 24.8 Å². The van der Waals surface area contributed by atoms with Crippen LogP contribution in [-0.2, 0) is 4.79 Å². The number of urea groups is 1. The Hall–Kier alpha value is -2.90. The molecule has 8 heteroatoms. The van der Waals surface area contributed by atoms with Crippen LogP contribution in [0.5, 0.6) is 0 Å². The third-order valence-corrected chi connectivity index (χ3v) is 4.56. The lowest BCUT2D eigenvalue weighted by Gasteiger charge is -2.34.